The van der Waals surface area contributed by atoms with Gasteiger partial charge in [-0.2, -0.15) is 5.10 Å². The van der Waals surface area contributed by atoms with Crippen LogP contribution in [0.4, 0.5) is 0 Å². The van der Waals surface area contributed by atoms with E-state index in [4.69, 9.17) is 12.2 Å². The summed E-state index contributed by atoms with van der Waals surface area (Å²) >= 11 is 5.06. The van der Waals surface area contributed by atoms with E-state index in [1.54, 1.807) is 14.0 Å². The van der Waals surface area contributed by atoms with Crippen molar-refractivity contribution in [2.45, 2.75) is 13.8 Å². The summed E-state index contributed by atoms with van der Waals surface area (Å²) in [5.41, 5.74) is 7.42. The Morgan fingerprint density at radius 3 is 2.58 bits per heavy atom. The molecule has 26 heavy (non-hydrogen) atoms. The van der Waals surface area contributed by atoms with Gasteiger partial charge in [0.15, 0.2) is 5.11 Å². The van der Waals surface area contributed by atoms with Crippen molar-refractivity contribution >= 4 is 33.9 Å². The maximum atomic E-state index is 12.9. The third-order valence-corrected chi connectivity index (χ3v) is 4.44. The number of H-pyrrole nitrogens is 1. The Morgan fingerprint density at radius 2 is 1.88 bits per heavy atom. The smallest absolute Gasteiger partial charge is 0.258 e. The van der Waals surface area contributed by atoms with Gasteiger partial charge in [0, 0.05) is 23.5 Å². The van der Waals surface area contributed by atoms with Crippen molar-refractivity contribution < 1.29 is 0 Å². The largest absolute Gasteiger partial charge is 0.364 e. The Labute approximate surface area is 157 Å². The number of thiocarbonyl (C=S) groups is 1. The zero-order chi connectivity index (χ0) is 18.7. The van der Waals surface area contributed by atoms with Crippen LogP contribution in [0.25, 0.3) is 22.0 Å². The summed E-state index contributed by atoms with van der Waals surface area (Å²) < 4.78 is 0. The standard InChI is InChI=1S/C20H20N4OS/c1-12-9-10-16-15(11-12)18(14-7-5-4-6-8-14)17(19(25)22-16)13(2)23-24-20(26)21-3/h4-11H,1-3H3,(H,22,25)(H2,21,24,26)/b23-13+. The first kappa shape index (κ1) is 17.8. The van der Waals surface area contributed by atoms with Gasteiger partial charge in [-0.3, -0.25) is 10.2 Å². The van der Waals surface area contributed by atoms with Crippen LogP contribution in [0, 0.1) is 6.92 Å². The average Bonchev–Trinajstić information content (AvgIpc) is 2.65. The van der Waals surface area contributed by atoms with Gasteiger partial charge in [0.05, 0.1) is 11.3 Å². The number of aromatic amines is 1. The number of nitrogens with one attached hydrogen (secondary N) is 3. The van der Waals surface area contributed by atoms with Crippen LogP contribution in [0.3, 0.4) is 0 Å². The lowest BCUT2D eigenvalue weighted by Crippen LogP contribution is -2.30. The quantitative estimate of drug-likeness (QED) is 0.379. The van der Waals surface area contributed by atoms with E-state index in [-0.39, 0.29) is 5.56 Å². The van der Waals surface area contributed by atoms with Gasteiger partial charge in [-0.1, -0.05) is 42.0 Å². The molecule has 1 aromatic heterocycles. The highest BCUT2D eigenvalue weighted by Crippen LogP contribution is 2.30. The van der Waals surface area contributed by atoms with Crippen molar-refractivity contribution in [3.63, 3.8) is 0 Å². The van der Waals surface area contributed by atoms with Gasteiger partial charge in [0.25, 0.3) is 5.56 Å². The molecule has 0 unspecified atom stereocenters. The number of rotatable bonds is 3. The van der Waals surface area contributed by atoms with Crippen LogP contribution in [0.2, 0.25) is 0 Å². The van der Waals surface area contributed by atoms with Gasteiger partial charge in [0.2, 0.25) is 0 Å². The molecular formula is C20H20N4OS. The molecule has 1 heterocycles. The van der Waals surface area contributed by atoms with E-state index in [2.05, 4.69) is 26.9 Å². The van der Waals surface area contributed by atoms with Crippen molar-refractivity contribution in [3.05, 3.63) is 70.0 Å². The van der Waals surface area contributed by atoms with E-state index < -0.39 is 0 Å². The first-order valence-electron chi connectivity index (χ1n) is 8.25. The van der Waals surface area contributed by atoms with Crippen molar-refractivity contribution in [1.82, 2.24) is 15.7 Å². The summed E-state index contributed by atoms with van der Waals surface area (Å²) in [6, 6.07) is 15.9. The fraction of sp³-hybridized carbons (Fsp3) is 0.150. The second kappa shape index (κ2) is 7.49. The molecule has 6 heteroatoms. The van der Waals surface area contributed by atoms with Crippen LogP contribution in [0.5, 0.6) is 0 Å². The predicted molar refractivity (Wildman–Crippen MR) is 112 cm³/mol. The van der Waals surface area contributed by atoms with E-state index in [0.717, 1.165) is 27.6 Å². The zero-order valence-electron chi connectivity index (χ0n) is 14.9. The summed E-state index contributed by atoms with van der Waals surface area (Å²) in [5.74, 6) is 0. The molecule has 0 aliphatic carbocycles. The second-order valence-electron chi connectivity index (χ2n) is 6.01. The van der Waals surface area contributed by atoms with Gasteiger partial charge >= 0.3 is 0 Å². The number of fused-ring (bicyclic) bond motifs is 1. The molecule has 0 spiro atoms. The molecule has 132 valence electrons. The second-order valence-corrected chi connectivity index (χ2v) is 6.42. The molecule has 0 atom stereocenters. The van der Waals surface area contributed by atoms with E-state index >= 15 is 0 Å². The van der Waals surface area contributed by atoms with Crippen molar-refractivity contribution in [2.24, 2.45) is 5.10 Å². The first-order chi connectivity index (χ1) is 12.5. The Kier molecular flexibility index (Phi) is 5.14. The molecule has 3 rings (SSSR count). The number of pyridine rings is 1. The fourth-order valence-electron chi connectivity index (χ4n) is 2.90. The number of aryl methyl sites for hydroxylation is 1. The number of hydrazone groups is 1. The molecule has 5 nitrogen and oxygen atoms in total. The monoisotopic (exact) mass is 364 g/mol. The molecule has 0 aliphatic heterocycles. The van der Waals surface area contributed by atoms with Crippen LogP contribution in [0.15, 0.2) is 58.4 Å². The number of hydrogen-bond donors (Lipinski definition) is 3. The van der Waals surface area contributed by atoms with Crippen molar-refractivity contribution in [3.8, 4) is 11.1 Å². The molecule has 2 aromatic carbocycles. The maximum Gasteiger partial charge on any atom is 0.258 e. The topological polar surface area (TPSA) is 69.3 Å². The summed E-state index contributed by atoms with van der Waals surface area (Å²) in [5, 5.41) is 8.45. The minimum atomic E-state index is -0.182. The minimum absolute atomic E-state index is 0.182. The summed E-state index contributed by atoms with van der Waals surface area (Å²) in [4.78, 5) is 15.8. The Balaban J connectivity index is 2.33. The summed E-state index contributed by atoms with van der Waals surface area (Å²) in [7, 11) is 1.71. The highest BCUT2D eigenvalue weighted by atomic mass is 32.1. The lowest BCUT2D eigenvalue weighted by molar-refractivity contribution is 0.973. The van der Waals surface area contributed by atoms with Gasteiger partial charge in [-0.25, -0.2) is 0 Å². The predicted octanol–water partition coefficient (Wildman–Crippen LogP) is 3.32. The molecule has 0 amide bonds. The van der Waals surface area contributed by atoms with Gasteiger partial charge in [-0.05, 0) is 43.8 Å². The number of nitrogens with zero attached hydrogens (tertiary/aromatic N) is 1. The Hall–Kier alpha value is -2.99. The lowest BCUT2D eigenvalue weighted by atomic mass is 9.93. The normalized spacial score (nSPS) is 11.4. The van der Waals surface area contributed by atoms with E-state index in [0.29, 0.717) is 16.4 Å². The molecule has 3 aromatic rings. The molecule has 0 fully saturated rings. The first-order valence-corrected chi connectivity index (χ1v) is 8.66. The van der Waals surface area contributed by atoms with Crippen LogP contribution >= 0.6 is 12.2 Å². The van der Waals surface area contributed by atoms with E-state index in [9.17, 15) is 4.79 Å². The highest BCUT2D eigenvalue weighted by Gasteiger charge is 2.17. The number of hydrogen-bond acceptors (Lipinski definition) is 3. The third kappa shape index (κ3) is 3.50. The summed E-state index contributed by atoms with van der Waals surface area (Å²) in [6.07, 6.45) is 0. The molecule has 0 radical (unpaired) electrons. The van der Waals surface area contributed by atoms with Gasteiger partial charge in [0.1, 0.15) is 0 Å². The molecular weight excluding hydrogens is 344 g/mol. The molecule has 3 N–H and O–H groups in total. The Morgan fingerprint density at radius 1 is 1.15 bits per heavy atom. The lowest BCUT2D eigenvalue weighted by Gasteiger charge is -2.14. The molecule has 0 aliphatic rings. The van der Waals surface area contributed by atoms with Crippen LogP contribution in [-0.2, 0) is 0 Å². The van der Waals surface area contributed by atoms with Crippen molar-refractivity contribution in [1.29, 1.82) is 0 Å². The SMILES string of the molecule is CNC(=S)N/N=C(\C)c1c(-c2ccccc2)c2cc(C)ccc2[nH]c1=O. The van der Waals surface area contributed by atoms with E-state index in [1.807, 2.05) is 49.4 Å². The molecule has 0 saturated carbocycles. The molecule has 0 saturated heterocycles. The number of benzene rings is 2. The Bertz CT molecular complexity index is 1050. The van der Waals surface area contributed by atoms with Crippen molar-refractivity contribution in [2.75, 3.05) is 7.05 Å². The van der Waals surface area contributed by atoms with Crippen LogP contribution in [0.1, 0.15) is 18.1 Å². The van der Waals surface area contributed by atoms with Gasteiger partial charge < -0.3 is 10.3 Å². The fourth-order valence-corrected chi connectivity index (χ4v) is 2.95. The van der Waals surface area contributed by atoms with Crippen LogP contribution in [-0.4, -0.2) is 22.9 Å². The van der Waals surface area contributed by atoms with Crippen LogP contribution < -0.4 is 16.3 Å². The maximum absolute atomic E-state index is 12.9. The highest BCUT2D eigenvalue weighted by molar-refractivity contribution is 7.80. The minimum Gasteiger partial charge on any atom is -0.364 e. The third-order valence-electron chi connectivity index (χ3n) is 4.15. The molecule has 0 bridgehead atoms. The zero-order valence-corrected chi connectivity index (χ0v) is 15.7. The van der Waals surface area contributed by atoms with E-state index in [1.165, 1.54) is 0 Å². The average molecular weight is 364 g/mol. The number of aromatic nitrogens is 1. The summed E-state index contributed by atoms with van der Waals surface area (Å²) in [6.45, 7) is 3.83. The van der Waals surface area contributed by atoms with Gasteiger partial charge in [-0.15, -0.1) is 0 Å².